The standard InChI is InChI=1S/C37H48N4O6/c1-24(2)34(41-19-9-18-38-37(41)46)36(45)39-29(20-28-14-16-30(42)17-15-28)22-32(43)31(21-27-12-6-5-7-13-27)40-33(44)23-47-35-25(3)10-8-11-26(35)4/h5-8,10-17,24,29,31-32,34,42-43H,9,18-23H2,1-4H3,(H,38,46)(H,39,45)(H,40,44)/t29-,31-,32-,34-/m0/s1. The lowest BCUT2D eigenvalue weighted by Crippen LogP contribution is -2.59. The Kier molecular flexibility index (Phi) is 12.6. The molecule has 10 nitrogen and oxygen atoms in total. The van der Waals surface area contributed by atoms with Crippen molar-refractivity contribution < 1.29 is 29.3 Å². The Bertz CT molecular complexity index is 1460. The number of hydrogen-bond donors (Lipinski definition) is 5. The molecule has 1 aliphatic heterocycles. The molecule has 0 unspecified atom stereocenters. The fourth-order valence-electron chi connectivity index (χ4n) is 6.13. The number of ether oxygens (including phenoxy) is 1. The van der Waals surface area contributed by atoms with Gasteiger partial charge in [-0.15, -0.1) is 0 Å². The molecule has 1 heterocycles. The van der Waals surface area contributed by atoms with Crippen molar-refractivity contribution in [2.45, 2.75) is 77.6 Å². The molecule has 5 N–H and O–H groups in total. The first kappa shape index (κ1) is 35.3. The molecule has 1 fully saturated rings. The van der Waals surface area contributed by atoms with Gasteiger partial charge in [0.2, 0.25) is 5.91 Å². The van der Waals surface area contributed by atoms with E-state index in [-0.39, 0.29) is 42.5 Å². The van der Waals surface area contributed by atoms with Crippen molar-refractivity contribution in [2.75, 3.05) is 19.7 Å². The van der Waals surface area contributed by atoms with E-state index in [2.05, 4.69) is 16.0 Å². The van der Waals surface area contributed by atoms with Crippen LogP contribution >= 0.6 is 0 Å². The van der Waals surface area contributed by atoms with Crippen molar-refractivity contribution in [1.29, 1.82) is 0 Å². The molecule has 0 aliphatic carbocycles. The number of rotatable bonds is 15. The van der Waals surface area contributed by atoms with Gasteiger partial charge >= 0.3 is 6.03 Å². The number of urea groups is 1. The van der Waals surface area contributed by atoms with Crippen LogP contribution in [0.4, 0.5) is 4.79 Å². The Morgan fingerprint density at radius 1 is 0.915 bits per heavy atom. The predicted molar refractivity (Wildman–Crippen MR) is 181 cm³/mol. The summed E-state index contributed by atoms with van der Waals surface area (Å²) in [6.07, 6.45) is 0.546. The van der Waals surface area contributed by atoms with Crippen LogP contribution in [0.5, 0.6) is 11.5 Å². The van der Waals surface area contributed by atoms with Gasteiger partial charge in [0, 0.05) is 19.1 Å². The number of hydrogen-bond acceptors (Lipinski definition) is 6. The SMILES string of the molecule is Cc1cccc(C)c1OCC(=O)N[C@@H](Cc1ccccc1)[C@@H](O)C[C@H](Cc1ccc(O)cc1)NC(=O)[C@H](C(C)C)N1CCCNC1=O. The average Bonchev–Trinajstić information content (AvgIpc) is 3.03. The summed E-state index contributed by atoms with van der Waals surface area (Å²) in [5.41, 5.74) is 3.63. The van der Waals surface area contributed by atoms with Gasteiger partial charge in [-0.05, 0) is 79.8 Å². The van der Waals surface area contributed by atoms with Gasteiger partial charge in [-0.1, -0.05) is 74.5 Å². The maximum absolute atomic E-state index is 13.8. The third-order valence-electron chi connectivity index (χ3n) is 8.51. The molecule has 0 saturated carbocycles. The number of phenolic OH excluding ortho intramolecular Hbond substituents is 1. The fourth-order valence-corrected chi connectivity index (χ4v) is 6.13. The van der Waals surface area contributed by atoms with Crippen molar-refractivity contribution in [1.82, 2.24) is 20.9 Å². The highest BCUT2D eigenvalue weighted by Crippen LogP contribution is 2.23. The van der Waals surface area contributed by atoms with Gasteiger partial charge in [-0.3, -0.25) is 9.59 Å². The lowest BCUT2D eigenvalue weighted by Gasteiger charge is -2.37. The first-order valence-corrected chi connectivity index (χ1v) is 16.3. The van der Waals surface area contributed by atoms with E-state index >= 15 is 0 Å². The first-order valence-electron chi connectivity index (χ1n) is 16.3. The molecule has 1 aliphatic rings. The lowest BCUT2D eigenvalue weighted by molar-refractivity contribution is -0.128. The number of carbonyl (C=O) groups excluding carboxylic acids is 3. The number of para-hydroxylation sites is 1. The van der Waals surface area contributed by atoms with E-state index in [9.17, 15) is 24.6 Å². The summed E-state index contributed by atoms with van der Waals surface area (Å²) in [5.74, 6) is -0.0535. The number of nitrogens with zero attached hydrogens (tertiary/aromatic N) is 1. The molecular weight excluding hydrogens is 596 g/mol. The number of aliphatic hydroxyl groups excluding tert-OH is 1. The number of amides is 4. The molecule has 0 bridgehead atoms. The summed E-state index contributed by atoms with van der Waals surface area (Å²) < 4.78 is 5.89. The zero-order valence-corrected chi connectivity index (χ0v) is 27.7. The molecule has 3 aromatic carbocycles. The molecule has 3 aromatic rings. The summed E-state index contributed by atoms with van der Waals surface area (Å²) in [7, 11) is 0. The van der Waals surface area contributed by atoms with E-state index in [1.807, 2.05) is 76.2 Å². The second-order valence-corrected chi connectivity index (χ2v) is 12.7. The van der Waals surface area contributed by atoms with Crippen LogP contribution in [0, 0.1) is 19.8 Å². The van der Waals surface area contributed by atoms with E-state index in [0.717, 1.165) is 28.7 Å². The zero-order valence-electron chi connectivity index (χ0n) is 27.7. The molecule has 4 rings (SSSR count). The van der Waals surface area contributed by atoms with Crippen LogP contribution in [-0.4, -0.2) is 76.9 Å². The van der Waals surface area contributed by atoms with E-state index in [1.165, 1.54) is 0 Å². The van der Waals surface area contributed by atoms with Gasteiger partial charge in [0.25, 0.3) is 5.91 Å². The van der Waals surface area contributed by atoms with Gasteiger partial charge in [-0.25, -0.2) is 4.79 Å². The minimum Gasteiger partial charge on any atom is -0.508 e. The third kappa shape index (κ3) is 10.2. The second-order valence-electron chi connectivity index (χ2n) is 12.7. The Morgan fingerprint density at radius 3 is 2.21 bits per heavy atom. The van der Waals surface area contributed by atoms with Crippen LogP contribution in [0.15, 0.2) is 72.8 Å². The van der Waals surface area contributed by atoms with Gasteiger partial charge in [0.05, 0.1) is 12.1 Å². The smallest absolute Gasteiger partial charge is 0.318 e. The Balaban J connectivity index is 1.54. The molecular formula is C37H48N4O6. The van der Waals surface area contributed by atoms with Gasteiger partial charge in [0.1, 0.15) is 17.5 Å². The van der Waals surface area contributed by atoms with Crippen molar-refractivity contribution in [2.24, 2.45) is 5.92 Å². The molecule has 0 spiro atoms. The molecule has 0 radical (unpaired) electrons. The first-order chi connectivity index (χ1) is 22.5. The van der Waals surface area contributed by atoms with Gasteiger partial charge in [0.15, 0.2) is 6.61 Å². The summed E-state index contributed by atoms with van der Waals surface area (Å²) in [6, 6.07) is 19.9. The van der Waals surface area contributed by atoms with E-state index in [4.69, 9.17) is 4.74 Å². The van der Waals surface area contributed by atoms with Crippen LogP contribution in [0.1, 0.15) is 48.9 Å². The predicted octanol–water partition coefficient (Wildman–Crippen LogP) is 4.03. The molecule has 0 aromatic heterocycles. The largest absolute Gasteiger partial charge is 0.508 e. The number of nitrogens with one attached hydrogen (secondary N) is 3. The van der Waals surface area contributed by atoms with Crippen LogP contribution in [0.25, 0.3) is 0 Å². The summed E-state index contributed by atoms with van der Waals surface area (Å²) in [6.45, 7) is 8.48. The van der Waals surface area contributed by atoms with Crippen molar-refractivity contribution >= 4 is 17.8 Å². The van der Waals surface area contributed by atoms with Gasteiger partial charge < -0.3 is 35.8 Å². The molecule has 4 atom stereocenters. The van der Waals surface area contributed by atoms with E-state index in [0.29, 0.717) is 31.7 Å². The minimum atomic E-state index is -1.04. The molecule has 47 heavy (non-hydrogen) atoms. The van der Waals surface area contributed by atoms with Gasteiger partial charge in [-0.2, -0.15) is 0 Å². The van der Waals surface area contributed by atoms with Crippen LogP contribution in [0.2, 0.25) is 0 Å². The highest BCUT2D eigenvalue weighted by atomic mass is 16.5. The maximum Gasteiger partial charge on any atom is 0.318 e. The van der Waals surface area contributed by atoms with Crippen molar-refractivity contribution in [3.8, 4) is 11.5 Å². The Labute approximate surface area is 277 Å². The Hall–Kier alpha value is -4.57. The molecule has 4 amide bonds. The van der Waals surface area contributed by atoms with E-state index < -0.39 is 24.2 Å². The number of aryl methyl sites for hydroxylation is 2. The number of phenols is 1. The minimum absolute atomic E-state index is 0.124. The van der Waals surface area contributed by atoms with Crippen LogP contribution < -0.4 is 20.7 Å². The average molecular weight is 645 g/mol. The topological polar surface area (TPSA) is 140 Å². The quantitative estimate of drug-likeness (QED) is 0.169. The highest BCUT2D eigenvalue weighted by molar-refractivity contribution is 5.87. The summed E-state index contributed by atoms with van der Waals surface area (Å²) in [5, 5.41) is 30.5. The fraction of sp³-hybridized carbons (Fsp3) is 0.432. The number of benzene rings is 3. The van der Waals surface area contributed by atoms with Crippen LogP contribution in [-0.2, 0) is 22.4 Å². The summed E-state index contributed by atoms with van der Waals surface area (Å²) >= 11 is 0. The number of carbonyl (C=O) groups is 3. The molecule has 1 saturated heterocycles. The lowest BCUT2D eigenvalue weighted by atomic mass is 9.92. The van der Waals surface area contributed by atoms with E-state index in [1.54, 1.807) is 29.2 Å². The monoisotopic (exact) mass is 644 g/mol. The molecule has 10 heteroatoms. The maximum atomic E-state index is 13.8. The normalized spacial score (nSPS) is 15.7. The summed E-state index contributed by atoms with van der Waals surface area (Å²) in [4.78, 5) is 41.3. The van der Waals surface area contributed by atoms with Crippen molar-refractivity contribution in [3.05, 3.63) is 95.1 Å². The zero-order chi connectivity index (χ0) is 33.9. The Morgan fingerprint density at radius 2 is 1.57 bits per heavy atom. The second kappa shape index (κ2) is 16.8. The highest BCUT2D eigenvalue weighted by Gasteiger charge is 2.35. The number of aliphatic hydroxyl groups is 1. The van der Waals surface area contributed by atoms with Crippen LogP contribution in [0.3, 0.4) is 0 Å². The molecule has 252 valence electrons. The number of aromatic hydroxyl groups is 1. The van der Waals surface area contributed by atoms with Crippen molar-refractivity contribution in [3.63, 3.8) is 0 Å². The third-order valence-corrected chi connectivity index (χ3v) is 8.51.